The maximum Gasteiger partial charge on any atom is 0.407 e. The fourth-order valence-electron chi connectivity index (χ4n) is 3.02. The molecular weight excluding hydrogens is 368 g/mol. The molecule has 7 nitrogen and oxygen atoms in total. The van der Waals surface area contributed by atoms with Crippen LogP contribution in [0.2, 0.25) is 0 Å². The van der Waals surface area contributed by atoms with Gasteiger partial charge in [0.1, 0.15) is 5.60 Å². The monoisotopic (exact) mass is 396 g/mol. The highest BCUT2D eigenvalue weighted by Gasteiger charge is 2.34. The smallest absolute Gasteiger partial charge is 0.407 e. The van der Waals surface area contributed by atoms with E-state index < -0.39 is 21.7 Å². The van der Waals surface area contributed by atoms with Gasteiger partial charge in [-0.15, -0.1) is 0 Å². The number of nitrogens with one attached hydrogen (secondary N) is 1. The van der Waals surface area contributed by atoms with Crippen molar-refractivity contribution in [3.8, 4) is 0 Å². The van der Waals surface area contributed by atoms with E-state index in [0.29, 0.717) is 18.5 Å². The van der Waals surface area contributed by atoms with Crippen LogP contribution in [0.5, 0.6) is 0 Å². The number of Topliss-reactive ketones (excluding diaryl/α,β-unsaturated/α-hetero) is 1. The molecule has 1 aliphatic heterocycles. The van der Waals surface area contributed by atoms with Crippen LogP contribution in [-0.4, -0.2) is 49.3 Å². The molecule has 0 aliphatic carbocycles. The van der Waals surface area contributed by atoms with E-state index in [4.69, 9.17) is 4.74 Å². The van der Waals surface area contributed by atoms with Gasteiger partial charge in [-0.3, -0.25) is 4.79 Å². The van der Waals surface area contributed by atoms with Gasteiger partial charge < -0.3 is 10.1 Å². The molecule has 8 heteroatoms. The first-order chi connectivity index (χ1) is 12.5. The molecule has 1 fully saturated rings. The number of sulfonamides is 1. The zero-order valence-electron chi connectivity index (χ0n) is 16.3. The van der Waals surface area contributed by atoms with E-state index in [1.165, 1.54) is 23.4 Å². The summed E-state index contributed by atoms with van der Waals surface area (Å²) in [6, 6.07) is 5.72. The van der Waals surface area contributed by atoms with Crippen molar-refractivity contribution < 1.29 is 22.7 Å². The largest absolute Gasteiger partial charge is 0.444 e. The Labute approximate surface area is 161 Å². The second-order valence-corrected chi connectivity index (χ2v) is 9.62. The molecule has 0 aromatic heterocycles. The number of alkyl carbamates (subject to hydrolysis) is 1. The summed E-state index contributed by atoms with van der Waals surface area (Å²) in [5, 5.41) is 2.67. The SMILES string of the molecule is CC(=O)c1cccc(S(=O)(=O)N2CCCCC2CNC(=O)OC(C)(C)C)c1. The Balaban J connectivity index is 2.17. The summed E-state index contributed by atoms with van der Waals surface area (Å²) in [6.07, 6.45) is 1.74. The Kier molecular flexibility index (Phi) is 6.64. The number of ketones is 1. The number of hydrogen-bond acceptors (Lipinski definition) is 5. The first-order valence-corrected chi connectivity index (χ1v) is 10.5. The van der Waals surface area contributed by atoms with Gasteiger partial charge in [-0.1, -0.05) is 18.6 Å². The van der Waals surface area contributed by atoms with E-state index in [9.17, 15) is 18.0 Å². The maximum absolute atomic E-state index is 13.1. The molecule has 1 saturated heterocycles. The standard InChI is InChI=1S/C19H28N2O5S/c1-14(22)15-8-7-10-17(12-15)27(24,25)21-11-6-5-9-16(21)13-20-18(23)26-19(2,3)4/h7-8,10,12,16H,5-6,9,11,13H2,1-4H3,(H,20,23). The fraction of sp³-hybridized carbons (Fsp3) is 0.579. The highest BCUT2D eigenvalue weighted by atomic mass is 32.2. The van der Waals surface area contributed by atoms with Gasteiger partial charge >= 0.3 is 6.09 Å². The van der Waals surface area contributed by atoms with E-state index in [1.807, 2.05) is 0 Å². The summed E-state index contributed by atoms with van der Waals surface area (Å²) in [5.74, 6) is -0.186. The lowest BCUT2D eigenvalue weighted by atomic mass is 10.1. The molecule has 1 aliphatic rings. The minimum absolute atomic E-state index is 0.0966. The number of rotatable bonds is 5. The average molecular weight is 397 g/mol. The Bertz CT molecular complexity index is 799. The zero-order chi connectivity index (χ0) is 20.2. The molecule has 2 rings (SSSR count). The second-order valence-electron chi connectivity index (χ2n) is 7.73. The van der Waals surface area contributed by atoms with Gasteiger partial charge in [-0.25, -0.2) is 13.2 Å². The molecule has 1 N–H and O–H groups in total. The minimum Gasteiger partial charge on any atom is -0.444 e. The first-order valence-electron chi connectivity index (χ1n) is 9.10. The van der Waals surface area contributed by atoms with E-state index in [1.54, 1.807) is 32.9 Å². The van der Waals surface area contributed by atoms with Crippen LogP contribution in [-0.2, 0) is 14.8 Å². The molecular formula is C19H28N2O5S. The van der Waals surface area contributed by atoms with Crippen molar-refractivity contribution in [2.24, 2.45) is 0 Å². The number of carbonyl (C=O) groups excluding carboxylic acids is 2. The summed E-state index contributed by atoms with van der Waals surface area (Å²) in [4.78, 5) is 23.6. The summed E-state index contributed by atoms with van der Waals surface area (Å²) < 4.78 is 32.9. The normalized spacial score (nSPS) is 18.7. The summed E-state index contributed by atoms with van der Waals surface area (Å²) in [5.41, 5.74) is -0.258. The second kappa shape index (κ2) is 8.39. The predicted molar refractivity (Wildman–Crippen MR) is 102 cm³/mol. The number of piperidine rings is 1. The van der Waals surface area contributed by atoms with E-state index >= 15 is 0 Å². The van der Waals surface area contributed by atoms with Crippen LogP contribution in [0.3, 0.4) is 0 Å². The van der Waals surface area contributed by atoms with Crippen molar-refractivity contribution >= 4 is 21.9 Å². The van der Waals surface area contributed by atoms with Crippen molar-refractivity contribution in [1.82, 2.24) is 9.62 Å². The number of ether oxygens (including phenoxy) is 1. The molecule has 1 unspecified atom stereocenters. The van der Waals surface area contributed by atoms with Gasteiger partial charge in [0.05, 0.1) is 4.90 Å². The molecule has 1 heterocycles. The van der Waals surface area contributed by atoms with Gasteiger partial charge in [-0.05, 0) is 52.7 Å². The van der Waals surface area contributed by atoms with Gasteiger partial charge in [0, 0.05) is 24.7 Å². The summed E-state index contributed by atoms with van der Waals surface area (Å²) >= 11 is 0. The van der Waals surface area contributed by atoms with Gasteiger partial charge in [0.15, 0.2) is 5.78 Å². The zero-order valence-corrected chi connectivity index (χ0v) is 17.1. The van der Waals surface area contributed by atoms with Crippen molar-refractivity contribution in [2.75, 3.05) is 13.1 Å². The lowest BCUT2D eigenvalue weighted by molar-refractivity contribution is 0.0512. The van der Waals surface area contributed by atoms with Crippen molar-refractivity contribution in [3.63, 3.8) is 0 Å². The minimum atomic E-state index is -3.76. The molecule has 1 aromatic carbocycles. The summed E-state index contributed by atoms with van der Waals surface area (Å²) in [7, 11) is -3.76. The van der Waals surface area contributed by atoms with Crippen LogP contribution in [0.15, 0.2) is 29.2 Å². The molecule has 0 saturated carbocycles. The molecule has 1 aromatic rings. The Morgan fingerprint density at radius 1 is 1.26 bits per heavy atom. The topological polar surface area (TPSA) is 92.8 Å². The fourth-order valence-corrected chi connectivity index (χ4v) is 4.76. The lowest BCUT2D eigenvalue weighted by Gasteiger charge is -2.35. The van der Waals surface area contributed by atoms with Crippen molar-refractivity contribution in [2.45, 2.75) is 63.5 Å². The Morgan fingerprint density at radius 3 is 2.59 bits per heavy atom. The van der Waals surface area contributed by atoms with Crippen LogP contribution in [0.25, 0.3) is 0 Å². The lowest BCUT2D eigenvalue weighted by Crippen LogP contribution is -2.49. The van der Waals surface area contributed by atoms with Crippen LogP contribution < -0.4 is 5.32 Å². The number of benzene rings is 1. The third-order valence-electron chi connectivity index (χ3n) is 4.30. The average Bonchev–Trinajstić information content (AvgIpc) is 2.59. The van der Waals surface area contributed by atoms with Gasteiger partial charge in [0.2, 0.25) is 10.0 Å². The Morgan fingerprint density at radius 2 is 1.96 bits per heavy atom. The molecule has 1 atom stereocenters. The number of amides is 1. The van der Waals surface area contributed by atoms with Crippen LogP contribution in [0, 0.1) is 0 Å². The van der Waals surface area contributed by atoms with Crippen molar-refractivity contribution in [3.05, 3.63) is 29.8 Å². The first kappa shape index (κ1) is 21.4. The third kappa shape index (κ3) is 5.77. The van der Waals surface area contributed by atoms with Crippen LogP contribution in [0.1, 0.15) is 57.3 Å². The molecule has 0 bridgehead atoms. The maximum atomic E-state index is 13.1. The highest BCUT2D eigenvalue weighted by Crippen LogP contribution is 2.26. The van der Waals surface area contributed by atoms with E-state index in [-0.39, 0.29) is 23.3 Å². The van der Waals surface area contributed by atoms with Crippen LogP contribution >= 0.6 is 0 Å². The Hall–Kier alpha value is -1.93. The molecule has 27 heavy (non-hydrogen) atoms. The number of carbonyl (C=O) groups is 2. The number of hydrogen-bond donors (Lipinski definition) is 1. The third-order valence-corrected chi connectivity index (χ3v) is 6.25. The molecule has 150 valence electrons. The van der Waals surface area contributed by atoms with E-state index in [2.05, 4.69) is 5.32 Å². The van der Waals surface area contributed by atoms with E-state index in [0.717, 1.165) is 12.8 Å². The summed E-state index contributed by atoms with van der Waals surface area (Å²) in [6.45, 7) is 7.28. The quantitative estimate of drug-likeness (QED) is 0.773. The van der Waals surface area contributed by atoms with Crippen molar-refractivity contribution in [1.29, 1.82) is 0 Å². The molecule has 0 spiro atoms. The molecule has 1 amide bonds. The highest BCUT2D eigenvalue weighted by molar-refractivity contribution is 7.89. The number of nitrogens with zero attached hydrogens (tertiary/aromatic N) is 1. The predicted octanol–water partition coefficient (Wildman–Crippen LogP) is 2.96. The van der Waals surface area contributed by atoms with Gasteiger partial charge in [-0.2, -0.15) is 4.31 Å². The van der Waals surface area contributed by atoms with Crippen LogP contribution in [0.4, 0.5) is 4.79 Å². The van der Waals surface area contributed by atoms with Gasteiger partial charge in [0.25, 0.3) is 0 Å². The molecule has 0 radical (unpaired) electrons.